The monoisotopic (exact) mass is 248 g/mol. The van der Waals surface area contributed by atoms with Crippen LogP contribution in [0.25, 0.3) is 0 Å². The number of ether oxygens (including phenoxy) is 1. The SMILES string of the molecule is CC(=O)Nc1ccc(NC2CCCOC2)cc1C. The molecule has 0 aromatic heterocycles. The van der Waals surface area contributed by atoms with E-state index in [4.69, 9.17) is 4.74 Å². The van der Waals surface area contributed by atoms with Crippen LogP contribution in [0.4, 0.5) is 11.4 Å². The van der Waals surface area contributed by atoms with E-state index in [1.54, 1.807) is 0 Å². The zero-order valence-electron chi connectivity index (χ0n) is 11.0. The van der Waals surface area contributed by atoms with Gasteiger partial charge in [-0.15, -0.1) is 0 Å². The molecule has 0 radical (unpaired) electrons. The van der Waals surface area contributed by atoms with E-state index in [2.05, 4.69) is 16.7 Å². The molecule has 4 nitrogen and oxygen atoms in total. The maximum Gasteiger partial charge on any atom is 0.221 e. The molecular weight excluding hydrogens is 228 g/mol. The predicted molar refractivity (Wildman–Crippen MR) is 72.9 cm³/mol. The van der Waals surface area contributed by atoms with Crippen LogP contribution < -0.4 is 10.6 Å². The summed E-state index contributed by atoms with van der Waals surface area (Å²) in [4.78, 5) is 11.0. The number of amides is 1. The molecule has 1 atom stereocenters. The van der Waals surface area contributed by atoms with Crippen LogP contribution >= 0.6 is 0 Å². The van der Waals surface area contributed by atoms with Crippen molar-refractivity contribution in [2.75, 3.05) is 23.8 Å². The van der Waals surface area contributed by atoms with Crippen molar-refractivity contribution in [1.29, 1.82) is 0 Å². The second kappa shape index (κ2) is 5.87. The molecule has 1 aliphatic rings. The van der Waals surface area contributed by atoms with E-state index >= 15 is 0 Å². The lowest BCUT2D eigenvalue weighted by Crippen LogP contribution is -2.29. The van der Waals surface area contributed by atoms with E-state index < -0.39 is 0 Å². The van der Waals surface area contributed by atoms with Gasteiger partial charge >= 0.3 is 0 Å². The Balaban J connectivity index is 2.01. The summed E-state index contributed by atoms with van der Waals surface area (Å²) in [6.45, 7) is 5.16. The second-order valence-corrected chi connectivity index (χ2v) is 4.77. The maximum atomic E-state index is 11.0. The van der Waals surface area contributed by atoms with Crippen molar-refractivity contribution < 1.29 is 9.53 Å². The minimum Gasteiger partial charge on any atom is -0.380 e. The molecular formula is C14H20N2O2. The molecule has 1 saturated heterocycles. The van der Waals surface area contributed by atoms with Gasteiger partial charge in [0.2, 0.25) is 5.91 Å². The Morgan fingerprint density at radius 1 is 1.44 bits per heavy atom. The molecule has 1 aliphatic heterocycles. The summed E-state index contributed by atoms with van der Waals surface area (Å²) in [5.41, 5.74) is 3.01. The van der Waals surface area contributed by atoms with Crippen molar-refractivity contribution in [1.82, 2.24) is 0 Å². The lowest BCUT2D eigenvalue weighted by atomic mass is 10.1. The molecule has 1 unspecified atom stereocenters. The number of carbonyl (C=O) groups excluding carboxylic acids is 1. The Hall–Kier alpha value is -1.55. The molecule has 0 aliphatic carbocycles. The highest BCUT2D eigenvalue weighted by Gasteiger charge is 2.13. The quantitative estimate of drug-likeness (QED) is 0.864. The topological polar surface area (TPSA) is 50.4 Å². The van der Waals surface area contributed by atoms with Gasteiger partial charge in [-0.2, -0.15) is 0 Å². The van der Waals surface area contributed by atoms with Gasteiger partial charge < -0.3 is 15.4 Å². The van der Waals surface area contributed by atoms with Gasteiger partial charge in [-0.25, -0.2) is 0 Å². The van der Waals surface area contributed by atoms with Crippen LogP contribution in [0.2, 0.25) is 0 Å². The molecule has 1 heterocycles. The van der Waals surface area contributed by atoms with Crippen LogP contribution in [0.1, 0.15) is 25.3 Å². The molecule has 1 aromatic carbocycles. The van der Waals surface area contributed by atoms with Gasteiger partial charge in [0, 0.05) is 30.9 Å². The normalized spacial score (nSPS) is 19.3. The van der Waals surface area contributed by atoms with Crippen LogP contribution in [0.5, 0.6) is 0 Å². The zero-order chi connectivity index (χ0) is 13.0. The first-order valence-electron chi connectivity index (χ1n) is 6.37. The first-order chi connectivity index (χ1) is 8.65. The summed E-state index contributed by atoms with van der Waals surface area (Å²) in [5.74, 6) is -0.0421. The van der Waals surface area contributed by atoms with Crippen LogP contribution in [0.15, 0.2) is 18.2 Å². The summed E-state index contributed by atoms with van der Waals surface area (Å²) < 4.78 is 5.44. The fraction of sp³-hybridized carbons (Fsp3) is 0.500. The number of benzene rings is 1. The fourth-order valence-corrected chi connectivity index (χ4v) is 2.17. The van der Waals surface area contributed by atoms with E-state index in [0.29, 0.717) is 6.04 Å². The highest BCUT2D eigenvalue weighted by molar-refractivity contribution is 5.89. The van der Waals surface area contributed by atoms with Gasteiger partial charge in [-0.3, -0.25) is 4.79 Å². The maximum absolute atomic E-state index is 11.0. The van der Waals surface area contributed by atoms with Gasteiger partial charge in [0.15, 0.2) is 0 Å². The van der Waals surface area contributed by atoms with E-state index in [1.807, 2.05) is 19.1 Å². The number of rotatable bonds is 3. The summed E-state index contributed by atoms with van der Waals surface area (Å²) in [7, 11) is 0. The predicted octanol–water partition coefficient (Wildman–Crippen LogP) is 2.54. The number of hydrogen-bond donors (Lipinski definition) is 2. The molecule has 1 fully saturated rings. The third-order valence-corrected chi connectivity index (χ3v) is 3.07. The number of nitrogens with one attached hydrogen (secondary N) is 2. The van der Waals surface area contributed by atoms with Gasteiger partial charge in [-0.1, -0.05) is 0 Å². The molecule has 1 amide bonds. The van der Waals surface area contributed by atoms with E-state index in [0.717, 1.165) is 43.0 Å². The van der Waals surface area contributed by atoms with Crippen molar-refractivity contribution in [3.05, 3.63) is 23.8 Å². The number of aryl methyl sites for hydroxylation is 1. The molecule has 2 rings (SSSR count). The molecule has 0 bridgehead atoms. The zero-order valence-corrected chi connectivity index (χ0v) is 11.0. The Kier molecular flexibility index (Phi) is 4.20. The van der Waals surface area contributed by atoms with Gasteiger partial charge in [-0.05, 0) is 43.5 Å². The lowest BCUT2D eigenvalue weighted by Gasteiger charge is -2.24. The number of carbonyl (C=O) groups is 1. The van der Waals surface area contributed by atoms with E-state index in [-0.39, 0.29) is 5.91 Å². The van der Waals surface area contributed by atoms with Crippen LogP contribution in [0, 0.1) is 6.92 Å². The third kappa shape index (κ3) is 3.47. The van der Waals surface area contributed by atoms with E-state index in [9.17, 15) is 4.79 Å². The molecule has 4 heteroatoms. The minimum absolute atomic E-state index is 0.0421. The highest BCUT2D eigenvalue weighted by Crippen LogP contribution is 2.21. The second-order valence-electron chi connectivity index (χ2n) is 4.77. The number of anilines is 2. The van der Waals surface area contributed by atoms with Crippen LogP contribution in [-0.2, 0) is 9.53 Å². The Morgan fingerprint density at radius 3 is 2.89 bits per heavy atom. The van der Waals surface area contributed by atoms with Crippen molar-refractivity contribution in [3.8, 4) is 0 Å². The van der Waals surface area contributed by atoms with Gasteiger partial charge in [0.05, 0.1) is 6.61 Å². The Labute approximate surface area is 108 Å². The fourth-order valence-electron chi connectivity index (χ4n) is 2.17. The number of hydrogen-bond acceptors (Lipinski definition) is 3. The smallest absolute Gasteiger partial charge is 0.221 e. The largest absolute Gasteiger partial charge is 0.380 e. The average molecular weight is 248 g/mol. The summed E-state index contributed by atoms with van der Waals surface area (Å²) in [6, 6.07) is 6.37. The average Bonchev–Trinajstić information content (AvgIpc) is 2.33. The molecule has 0 saturated carbocycles. The van der Waals surface area contributed by atoms with Crippen molar-refractivity contribution in [2.45, 2.75) is 32.7 Å². The third-order valence-electron chi connectivity index (χ3n) is 3.07. The minimum atomic E-state index is -0.0421. The van der Waals surface area contributed by atoms with Crippen molar-refractivity contribution in [2.24, 2.45) is 0 Å². The molecule has 98 valence electrons. The summed E-state index contributed by atoms with van der Waals surface area (Å²) >= 11 is 0. The standard InChI is InChI=1S/C14H20N2O2/c1-10-8-12(5-6-14(10)15-11(2)17)16-13-4-3-7-18-9-13/h5-6,8,13,16H,3-4,7,9H2,1-2H3,(H,15,17). The molecule has 1 aromatic rings. The molecule has 2 N–H and O–H groups in total. The van der Waals surface area contributed by atoms with Crippen molar-refractivity contribution in [3.63, 3.8) is 0 Å². The molecule has 18 heavy (non-hydrogen) atoms. The first-order valence-corrected chi connectivity index (χ1v) is 6.37. The van der Waals surface area contributed by atoms with Crippen LogP contribution in [0.3, 0.4) is 0 Å². The van der Waals surface area contributed by atoms with E-state index in [1.165, 1.54) is 6.92 Å². The van der Waals surface area contributed by atoms with Gasteiger partial charge in [0.25, 0.3) is 0 Å². The Bertz CT molecular complexity index is 426. The van der Waals surface area contributed by atoms with Crippen LogP contribution in [-0.4, -0.2) is 25.2 Å². The van der Waals surface area contributed by atoms with Crippen molar-refractivity contribution >= 4 is 17.3 Å². The van der Waals surface area contributed by atoms with Gasteiger partial charge in [0.1, 0.15) is 0 Å². The Morgan fingerprint density at radius 2 is 2.28 bits per heavy atom. The first kappa shape index (κ1) is 12.9. The summed E-state index contributed by atoms with van der Waals surface area (Å²) in [5, 5.41) is 6.28. The lowest BCUT2D eigenvalue weighted by molar-refractivity contribution is -0.114. The summed E-state index contributed by atoms with van der Waals surface area (Å²) in [6.07, 6.45) is 2.26. The highest BCUT2D eigenvalue weighted by atomic mass is 16.5. The molecule has 0 spiro atoms.